The van der Waals surface area contributed by atoms with Crippen LogP contribution in [0.2, 0.25) is 0 Å². The molecular weight excluding hydrogens is 492 g/mol. The minimum absolute atomic E-state index is 0.0721. The molecular formula is C32H44N2O3S. The first kappa shape index (κ1) is 26.4. The van der Waals surface area contributed by atoms with E-state index >= 15 is 0 Å². The van der Waals surface area contributed by atoms with Gasteiger partial charge in [-0.25, -0.2) is 0 Å². The Bertz CT molecular complexity index is 1050. The van der Waals surface area contributed by atoms with E-state index in [1.54, 1.807) is 43.4 Å². The third-order valence-corrected chi connectivity index (χ3v) is 11.7. The Balaban J connectivity index is 0.905. The first-order valence-electron chi connectivity index (χ1n) is 15.3. The van der Waals surface area contributed by atoms with Gasteiger partial charge in [0, 0.05) is 30.5 Å². The third-order valence-electron chi connectivity index (χ3n) is 10.5. The summed E-state index contributed by atoms with van der Waals surface area (Å²) < 4.78 is 0. The van der Waals surface area contributed by atoms with E-state index in [1.165, 1.54) is 61.8 Å². The molecule has 4 aliphatic carbocycles. The molecule has 4 bridgehead atoms. The van der Waals surface area contributed by atoms with E-state index in [0.717, 1.165) is 40.0 Å². The lowest BCUT2D eigenvalue weighted by molar-refractivity contribution is -0.150. The van der Waals surface area contributed by atoms with E-state index in [2.05, 4.69) is 6.07 Å². The van der Waals surface area contributed by atoms with Gasteiger partial charge >= 0.3 is 0 Å². The fourth-order valence-electron chi connectivity index (χ4n) is 8.99. The minimum Gasteiger partial charge on any atom is -0.322 e. The lowest BCUT2D eigenvalue weighted by Gasteiger charge is -2.57. The van der Waals surface area contributed by atoms with E-state index in [0.29, 0.717) is 19.4 Å². The summed E-state index contributed by atoms with van der Waals surface area (Å²) in [7, 11) is 1.52. The first-order chi connectivity index (χ1) is 18.4. The molecule has 4 saturated carbocycles. The molecule has 2 heterocycles. The molecule has 5 fully saturated rings. The van der Waals surface area contributed by atoms with Crippen molar-refractivity contribution in [2.45, 2.75) is 114 Å². The number of fused-ring (bicyclic) bond motifs is 1. The van der Waals surface area contributed by atoms with Crippen molar-refractivity contribution >= 4 is 29.5 Å². The third kappa shape index (κ3) is 5.19. The number of amides is 3. The Kier molecular flexibility index (Phi) is 7.63. The van der Waals surface area contributed by atoms with E-state index in [4.69, 9.17) is 0 Å². The van der Waals surface area contributed by atoms with Gasteiger partial charge in [0.15, 0.2) is 0 Å². The predicted octanol–water partition coefficient (Wildman–Crippen LogP) is 6.83. The average Bonchev–Trinajstić information content (AvgIpc) is 3.22. The molecule has 0 spiro atoms. The van der Waals surface area contributed by atoms with Crippen LogP contribution in [0.4, 0.5) is 0 Å². The van der Waals surface area contributed by atoms with Gasteiger partial charge in [0.05, 0.1) is 0 Å². The lowest BCUT2D eigenvalue weighted by Crippen LogP contribution is -2.53. The van der Waals surface area contributed by atoms with Gasteiger partial charge in [0.1, 0.15) is 6.04 Å². The molecule has 0 N–H and O–H groups in total. The monoisotopic (exact) mass is 536 g/mol. The highest BCUT2D eigenvalue weighted by Crippen LogP contribution is 2.61. The molecule has 0 radical (unpaired) electrons. The van der Waals surface area contributed by atoms with Crippen molar-refractivity contribution < 1.29 is 14.4 Å². The van der Waals surface area contributed by atoms with Crippen LogP contribution in [0.25, 0.3) is 0 Å². The minimum atomic E-state index is -0.529. The summed E-state index contributed by atoms with van der Waals surface area (Å²) in [5, 5.41) is 0. The average molecular weight is 537 g/mol. The van der Waals surface area contributed by atoms with Gasteiger partial charge in [-0.05, 0) is 104 Å². The van der Waals surface area contributed by atoms with Gasteiger partial charge in [-0.2, -0.15) is 0 Å². The maximum absolute atomic E-state index is 13.1. The van der Waals surface area contributed by atoms with Crippen LogP contribution in [0.3, 0.4) is 0 Å². The quantitative estimate of drug-likeness (QED) is 0.177. The molecule has 1 saturated heterocycles. The number of hydrogen-bond acceptors (Lipinski definition) is 4. The van der Waals surface area contributed by atoms with Crippen molar-refractivity contribution in [2.24, 2.45) is 23.2 Å². The van der Waals surface area contributed by atoms with Crippen molar-refractivity contribution in [2.75, 3.05) is 12.8 Å². The molecule has 5 nitrogen and oxygen atoms in total. The van der Waals surface area contributed by atoms with Crippen LogP contribution in [0.5, 0.6) is 0 Å². The van der Waals surface area contributed by atoms with Crippen LogP contribution in [-0.2, 0) is 16.1 Å². The second kappa shape index (κ2) is 11.0. The molecule has 7 rings (SSSR count). The molecule has 38 heavy (non-hydrogen) atoms. The highest BCUT2D eigenvalue weighted by atomic mass is 32.2. The summed E-state index contributed by atoms with van der Waals surface area (Å²) in [5.74, 6) is 3.81. The number of likely N-dealkylation sites (tertiary alicyclic amines) is 1. The molecule has 1 unspecified atom stereocenters. The smallest absolute Gasteiger partial charge is 0.255 e. The number of likely N-dealkylation sites (N-methyl/N-ethyl adjacent to an activating group) is 1. The number of hydrogen-bond donors (Lipinski definition) is 0. The maximum atomic E-state index is 13.1. The van der Waals surface area contributed by atoms with Crippen LogP contribution in [0.1, 0.15) is 112 Å². The van der Waals surface area contributed by atoms with Crippen molar-refractivity contribution in [1.29, 1.82) is 0 Å². The number of unbranched alkanes of at least 4 members (excludes halogenated alkanes) is 5. The van der Waals surface area contributed by atoms with Gasteiger partial charge in [-0.15, -0.1) is 11.8 Å². The number of imide groups is 1. The molecule has 2 aliphatic heterocycles. The molecule has 1 aromatic rings. The number of carbonyl (C=O) groups is 3. The van der Waals surface area contributed by atoms with E-state index in [1.807, 2.05) is 23.9 Å². The number of carbonyl (C=O) groups excluding carboxylic acids is 3. The number of thioether (sulfide) groups is 1. The molecule has 206 valence electrons. The Morgan fingerprint density at radius 2 is 1.55 bits per heavy atom. The molecule has 0 aromatic heterocycles. The molecule has 6 aliphatic rings. The predicted molar refractivity (Wildman–Crippen MR) is 151 cm³/mol. The van der Waals surface area contributed by atoms with Crippen LogP contribution in [0.15, 0.2) is 23.1 Å². The molecule has 6 heteroatoms. The van der Waals surface area contributed by atoms with E-state index in [9.17, 15) is 14.4 Å². The molecule has 1 aromatic carbocycles. The summed E-state index contributed by atoms with van der Waals surface area (Å²) in [4.78, 5) is 41.7. The number of nitrogens with zero attached hydrogens (tertiary/aromatic N) is 2. The van der Waals surface area contributed by atoms with Crippen LogP contribution < -0.4 is 0 Å². The van der Waals surface area contributed by atoms with Gasteiger partial charge in [0.2, 0.25) is 5.91 Å². The Hall–Kier alpha value is -1.82. The summed E-state index contributed by atoms with van der Waals surface area (Å²) in [5.41, 5.74) is 2.52. The zero-order valence-corrected chi connectivity index (χ0v) is 23.9. The summed E-state index contributed by atoms with van der Waals surface area (Å²) >= 11 is 1.85. The number of benzene rings is 1. The normalized spacial score (nSPS) is 32.0. The number of piperidine rings is 1. The topological polar surface area (TPSA) is 57.7 Å². The fraction of sp³-hybridized carbons (Fsp3) is 0.719. The zero-order valence-electron chi connectivity index (χ0n) is 23.1. The fourth-order valence-corrected chi connectivity index (χ4v) is 10.1. The van der Waals surface area contributed by atoms with Crippen LogP contribution in [0, 0.1) is 23.2 Å². The van der Waals surface area contributed by atoms with E-state index < -0.39 is 6.04 Å². The highest BCUT2D eigenvalue weighted by Gasteiger charge is 2.50. The summed E-state index contributed by atoms with van der Waals surface area (Å²) in [6.07, 6.45) is 19.6. The first-order valence-corrected chi connectivity index (χ1v) is 16.3. The maximum Gasteiger partial charge on any atom is 0.255 e. The van der Waals surface area contributed by atoms with Gasteiger partial charge < -0.3 is 4.90 Å². The van der Waals surface area contributed by atoms with Crippen molar-refractivity contribution in [3.63, 3.8) is 0 Å². The highest BCUT2D eigenvalue weighted by molar-refractivity contribution is 7.99. The lowest BCUT2D eigenvalue weighted by atomic mass is 9.48. The molecule has 3 amide bonds. The van der Waals surface area contributed by atoms with Crippen molar-refractivity contribution in [3.8, 4) is 0 Å². The van der Waals surface area contributed by atoms with Crippen molar-refractivity contribution in [1.82, 2.24) is 9.80 Å². The Morgan fingerprint density at radius 3 is 2.26 bits per heavy atom. The SMILES string of the molecule is CN1C(=O)CCC(N2Cc3c(SCCCCCCCCC45CC6CC(CC(C6)C4)C5)cccc3C2=O)C1=O. The van der Waals surface area contributed by atoms with Gasteiger partial charge in [-0.1, -0.05) is 38.2 Å². The Labute approximate surface area is 232 Å². The van der Waals surface area contributed by atoms with Gasteiger partial charge in [-0.3, -0.25) is 19.3 Å². The van der Waals surface area contributed by atoms with E-state index in [-0.39, 0.29) is 17.7 Å². The van der Waals surface area contributed by atoms with Crippen LogP contribution >= 0.6 is 11.8 Å². The second-order valence-corrected chi connectivity index (χ2v) is 14.3. The summed E-state index contributed by atoms with van der Waals surface area (Å²) in [6.45, 7) is 0.472. The summed E-state index contributed by atoms with van der Waals surface area (Å²) in [6, 6.07) is 5.43. The number of rotatable bonds is 11. The zero-order chi connectivity index (χ0) is 26.3. The largest absolute Gasteiger partial charge is 0.322 e. The Morgan fingerprint density at radius 1 is 0.895 bits per heavy atom. The standard InChI is InChI=1S/C32H44N2O3S/c1-33-29(35)12-11-27(31(33)37)34-21-26-25(30(34)36)9-8-10-28(26)38-14-7-5-3-2-4-6-13-32-18-22-15-23(19-32)17-24(16-22)20-32/h8-10,22-24,27H,2-7,11-21H2,1H3. The van der Waals surface area contributed by atoms with Gasteiger partial charge in [0.25, 0.3) is 11.8 Å². The van der Waals surface area contributed by atoms with Crippen LogP contribution in [-0.4, -0.2) is 46.4 Å². The van der Waals surface area contributed by atoms with Crippen molar-refractivity contribution in [3.05, 3.63) is 29.3 Å². The molecule has 1 atom stereocenters. The second-order valence-electron chi connectivity index (χ2n) is 13.2.